The van der Waals surface area contributed by atoms with Gasteiger partial charge in [-0.3, -0.25) is 9.59 Å². The number of ketones is 2. The number of rotatable bonds is 1. The minimum Gasteiger partial charge on any atom is -0.393 e. The van der Waals surface area contributed by atoms with Crippen molar-refractivity contribution >= 4 is 11.6 Å². The van der Waals surface area contributed by atoms with Crippen LogP contribution in [0.1, 0.15) is 124 Å². The number of fused-ring (bicyclic) bond motifs is 10. The van der Waals surface area contributed by atoms with Crippen molar-refractivity contribution in [2.24, 2.45) is 74.4 Å². The van der Waals surface area contributed by atoms with E-state index in [0.717, 1.165) is 64.2 Å². The third-order valence-electron chi connectivity index (χ3n) is 17.4. The van der Waals surface area contributed by atoms with Crippen LogP contribution in [0.3, 0.4) is 0 Å². The van der Waals surface area contributed by atoms with Crippen LogP contribution < -0.4 is 0 Å². The molecule has 0 saturated heterocycles. The zero-order valence-electron chi connectivity index (χ0n) is 26.7. The molecule has 5 unspecified atom stereocenters. The van der Waals surface area contributed by atoms with Gasteiger partial charge in [0.2, 0.25) is 0 Å². The van der Waals surface area contributed by atoms with E-state index in [1.165, 1.54) is 25.7 Å². The van der Waals surface area contributed by atoms with E-state index in [1.54, 1.807) is 0 Å². The number of Topliss-reactive ketones (excluding diaryl/α,β-unsaturated/α-hetero) is 1. The molecule has 0 heterocycles. The maximum Gasteiger partial charge on any atom is 0.155 e. The lowest BCUT2D eigenvalue weighted by Gasteiger charge is -2.71. The van der Waals surface area contributed by atoms with Gasteiger partial charge in [0, 0.05) is 18.3 Å². The van der Waals surface area contributed by atoms with E-state index in [-0.39, 0.29) is 39.3 Å². The average Bonchev–Trinajstić information content (AvgIpc) is 3.43. The predicted octanol–water partition coefficient (Wildman–Crippen LogP) is 7.30. The predicted molar refractivity (Wildman–Crippen MR) is 163 cm³/mol. The first-order valence-electron chi connectivity index (χ1n) is 18.0. The van der Waals surface area contributed by atoms with Crippen LogP contribution in [0.2, 0.25) is 0 Å². The van der Waals surface area contributed by atoms with Gasteiger partial charge in [0.1, 0.15) is 5.78 Å². The van der Waals surface area contributed by atoms with Crippen molar-refractivity contribution in [2.45, 2.75) is 136 Å². The monoisotopic (exact) mass is 576 g/mol. The Labute approximate surface area is 253 Å². The summed E-state index contributed by atoms with van der Waals surface area (Å²) in [4.78, 5) is 26.7. The average molecular weight is 577 g/mol. The minimum atomic E-state index is -0.272. The Balaban J connectivity index is 1.22. The molecule has 0 aromatic rings. The first-order chi connectivity index (χ1) is 19.9. The van der Waals surface area contributed by atoms with Crippen molar-refractivity contribution in [1.29, 1.82) is 0 Å². The molecular formula is C38H56O4. The van der Waals surface area contributed by atoms with Crippen molar-refractivity contribution in [2.75, 3.05) is 0 Å². The van der Waals surface area contributed by atoms with Gasteiger partial charge < -0.3 is 10.2 Å². The summed E-state index contributed by atoms with van der Waals surface area (Å²) in [6, 6.07) is 0. The Morgan fingerprint density at radius 2 is 1.50 bits per heavy atom. The number of aliphatic hydroxyl groups excluding tert-OH is 2. The summed E-state index contributed by atoms with van der Waals surface area (Å²) < 4.78 is 0. The molecule has 232 valence electrons. The number of carbonyl (C=O) groups is 2. The number of carbonyl (C=O) groups excluding carboxylic acids is 2. The summed E-state index contributed by atoms with van der Waals surface area (Å²) in [6.45, 7) is 9.82. The van der Waals surface area contributed by atoms with Crippen molar-refractivity contribution in [3.05, 3.63) is 12.2 Å². The smallest absolute Gasteiger partial charge is 0.155 e. The van der Waals surface area contributed by atoms with Crippen LogP contribution >= 0.6 is 0 Å². The highest BCUT2D eigenvalue weighted by Gasteiger charge is 2.71. The molecule has 4 nitrogen and oxygen atoms in total. The lowest BCUT2D eigenvalue weighted by Crippen LogP contribution is -2.67. The minimum absolute atomic E-state index is 0.0654. The molecule has 0 bridgehead atoms. The van der Waals surface area contributed by atoms with Crippen LogP contribution in [-0.4, -0.2) is 34.0 Å². The zero-order chi connectivity index (χ0) is 29.4. The fourth-order valence-electron chi connectivity index (χ4n) is 15.3. The molecule has 15 atom stereocenters. The standard InChI is InChI=1S/C38H56O4/c1-34-15-13-29-26(28(34)8-10-32(34)41)12-18-38(21-23(39)11-17-36(29,38)3)31-20-24(40)19-22-5-6-25-27-7-9-33(42)35(27,2)16-14-30(25)37(22,31)4/h11,17,22,24-31,33,40,42H,5-10,12-16,18-21H2,1-4H3/t22?,24?,25-,26-,27-,28-,29+,30+,31?,33?,34-,35-,36+,37-,38?/m0/s1. The summed E-state index contributed by atoms with van der Waals surface area (Å²) in [5, 5.41) is 22.7. The van der Waals surface area contributed by atoms with E-state index >= 15 is 0 Å². The Morgan fingerprint density at radius 3 is 2.31 bits per heavy atom. The van der Waals surface area contributed by atoms with E-state index in [4.69, 9.17) is 0 Å². The second-order valence-corrected chi connectivity index (χ2v) is 18.1. The largest absolute Gasteiger partial charge is 0.393 e. The molecule has 8 rings (SSSR count). The lowest BCUT2D eigenvalue weighted by atomic mass is 9.32. The van der Waals surface area contributed by atoms with Gasteiger partial charge in [0.05, 0.1) is 12.2 Å². The van der Waals surface area contributed by atoms with E-state index in [1.807, 2.05) is 6.08 Å². The fourth-order valence-corrected chi connectivity index (χ4v) is 15.3. The van der Waals surface area contributed by atoms with Crippen LogP contribution in [0.15, 0.2) is 12.2 Å². The molecule has 8 aliphatic rings. The molecule has 7 saturated carbocycles. The van der Waals surface area contributed by atoms with Crippen molar-refractivity contribution in [3.63, 3.8) is 0 Å². The molecule has 0 aromatic carbocycles. The van der Waals surface area contributed by atoms with Crippen molar-refractivity contribution < 1.29 is 19.8 Å². The van der Waals surface area contributed by atoms with Crippen LogP contribution in [0, 0.1) is 74.4 Å². The molecule has 0 aliphatic heterocycles. The third-order valence-corrected chi connectivity index (χ3v) is 17.4. The summed E-state index contributed by atoms with van der Waals surface area (Å²) in [5.74, 6) is 5.12. The Morgan fingerprint density at radius 1 is 0.738 bits per heavy atom. The van der Waals surface area contributed by atoms with Crippen molar-refractivity contribution in [1.82, 2.24) is 0 Å². The van der Waals surface area contributed by atoms with Crippen LogP contribution in [-0.2, 0) is 9.59 Å². The normalized spacial score (nSPS) is 60.1. The van der Waals surface area contributed by atoms with Crippen LogP contribution in [0.4, 0.5) is 0 Å². The molecular weight excluding hydrogens is 520 g/mol. The molecule has 7 fully saturated rings. The quantitative estimate of drug-likeness (QED) is 0.343. The topological polar surface area (TPSA) is 74.6 Å². The van der Waals surface area contributed by atoms with E-state index < -0.39 is 0 Å². The Kier molecular flexibility index (Phi) is 6.13. The summed E-state index contributed by atoms with van der Waals surface area (Å²) in [6.07, 6.45) is 19.3. The van der Waals surface area contributed by atoms with Gasteiger partial charge in [-0.25, -0.2) is 0 Å². The Hall–Kier alpha value is -1.00. The molecule has 4 heteroatoms. The summed E-state index contributed by atoms with van der Waals surface area (Å²) in [5.41, 5.74) is -0.158. The Bertz CT molecular complexity index is 1210. The van der Waals surface area contributed by atoms with Gasteiger partial charge >= 0.3 is 0 Å². The zero-order valence-corrected chi connectivity index (χ0v) is 26.7. The lowest BCUT2D eigenvalue weighted by molar-refractivity contribution is -0.231. The summed E-state index contributed by atoms with van der Waals surface area (Å²) >= 11 is 0. The highest BCUT2D eigenvalue weighted by molar-refractivity contribution is 5.91. The molecule has 0 spiro atoms. The second-order valence-electron chi connectivity index (χ2n) is 18.1. The van der Waals surface area contributed by atoms with Crippen LogP contribution in [0.25, 0.3) is 0 Å². The maximum atomic E-state index is 13.6. The van der Waals surface area contributed by atoms with Gasteiger partial charge in [-0.2, -0.15) is 0 Å². The van der Waals surface area contributed by atoms with Crippen LogP contribution in [0.5, 0.6) is 0 Å². The molecule has 8 aliphatic carbocycles. The van der Waals surface area contributed by atoms with Gasteiger partial charge in [0.15, 0.2) is 5.78 Å². The first kappa shape index (κ1) is 28.5. The maximum absolute atomic E-state index is 13.6. The van der Waals surface area contributed by atoms with E-state index in [2.05, 4.69) is 33.8 Å². The van der Waals surface area contributed by atoms with Gasteiger partial charge in [0.25, 0.3) is 0 Å². The number of aliphatic hydroxyl groups is 2. The summed E-state index contributed by atoms with van der Waals surface area (Å²) in [7, 11) is 0. The van der Waals surface area contributed by atoms with Gasteiger partial charge in [-0.1, -0.05) is 33.8 Å². The molecule has 42 heavy (non-hydrogen) atoms. The fraction of sp³-hybridized carbons (Fsp3) is 0.895. The number of allylic oxidation sites excluding steroid dienone is 2. The molecule has 0 aromatic heterocycles. The molecule has 0 amide bonds. The van der Waals surface area contributed by atoms with Gasteiger partial charge in [-0.15, -0.1) is 0 Å². The van der Waals surface area contributed by atoms with E-state index in [0.29, 0.717) is 65.3 Å². The SMILES string of the molecule is C[C@]12C(CC[C@@H]3[C@H]1CC[C@]1(C)C(O)CC[C@@H]31)CC(O)CC2C12CC[C@@H]3[C@@H](CC[C@]4(C)C(=O)CC[C@@H]34)[C@@]1(C)C=CC(=O)C2. The number of hydrogen-bond acceptors (Lipinski definition) is 4. The van der Waals surface area contributed by atoms with E-state index in [9.17, 15) is 19.8 Å². The molecule has 0 radical (unpaired) electrons. The highest BCUT2D eigenvalue weighted by Crippen LogP contribution is 2.76. The second kappa shape index (κ2) is 9.05. The molecule has 2 N–H and O–H groups in total. The van der Waals surface area contributed by atoms with Gasteiger partial charge in [-0.05, 0) is 159 Å². The van der Waals surface area contributed by atoms with Crippen molar-refractivity contribution in [3.8, 4) is 0 Å². The number of hydrogen-bond donors (Lipinski definition) is 2. The third kappa shape index (κ3) is 3.33. The first-order valence-corrected chi connectivity index (χ1v) is 18.0. The highest BCUT2D eigenvalue weighted by atomic mass is 16.3.